The Morgan fingerprint density at radius 3 is 2.90 bits per heavy atom. The van der Waals surface area contributed by atoms with Gasteiger partial charge in [-0.15, -0.1) is 0 Å². The van der Waals surface area contributed by atoms with Crippen LogP contribution in [0.5, 0.6) is 0 Å². The van der Waals surface area contributed by atoms with Gasteiger partial charge in [0.25, 0.3) is 5.91 Å². The van der Waals surface area contributed by atoms with Crippen molar-refractivity contribution in [3.8, 4) is 6.07 Å². The lowest BCUT2D eigenvalue weighted by atomic mass is 10.2. The fourth-order valence-corrected chi connectivity index (χ4v) is 1.80. The van der Waals surface area contributed by atoms with Crippen LogP contribution in [0.4, 0.5) is 11.4 Å². The summed E-state index contributed by atoms with van der Waals surface area (Å²) in [5, 5.41) is 14.8. The van der Waals surface area contributed by atoms with Gasteiger partial charge in [0, 0.05) is 24.1 Å². The van der Waals surface area contributed by atoms with E-state index >= 15 is 0 Å². The predicted octanol–water partition coefficient (Wildman–Crippen LogP) is 3.03. The number of amides is 1. The molecule has 1 amide bonds. The molecule has 0 saturated heterocycles. The molecule has 0 aliphatic carbocycles. The maximum Gasteiger partial charge on any atom is 0.274 e. The molecule has 5 nitrogen and oxygen atoms in total. The average Bonchev–Trinajstić information content (AvgIpc) is 2.53. The number of nitriles is 1. The van der Waals surface area contributed by atoms with Gasteiger partial charge in [0.05, 0.1) is 11.6 Å². The summed E-state index contributed by atoms with van der Waals surface area (Å²) in [5.41, 5.74) is 2.27. The van der Waals surface area contributed by atoms with Gasteiger partial charge in [-0.05, 0) is 36.8 Å². The van der Waals surface area contributed by atoms with Crippen LogP contribution in [0.3, 0.4) is 0 Å². The second-order valence-corrected chi connectivity index (χ2v) is 4.50. The van der Waals surface area contributed by atoms with Gasteiger partial charge < -0.3 is 10.6 Å². The van der Waals surface area contributed by atoms with E-state index in [0.29, 0.717) is 16.9 Å². The van der Waals surface area contributed by atoms with E-state index in [9.17, 15) is 4.79 Å². The normalized spacial score (nSPS) is 9.71. The molecular formula is C16H16N4O. The number of carbonyl (C=O) groups excluding carboxylic acids is 1. The zero-order chi connectivity index (χ0) is 15.1. The van der Waals surface area contributed by atoms with Crippen LogP contribution < -0.4 is 10.6 Å². The molecular weight excluding hydrogens is 264 g/mol. The van der Waals surface area contributed by atoms with Gasteiger partial charge in [0.2, 0.25) is 0 Å². The van der Waals surface area contributed by atoms with Crippen LogP contribution in [-0.2, 0) is 0 Å². The first kappa shape index (κ1) is 14.5. The highest BCUT2D eigenvalue weighted by atomic mass is 16.1. The van der Waals surface area contributed by atoms with Gasteiger partial charge >= 0.3 is 0 Å². The monoisotopic (exact) mass is 280 g/mol. The van der Waals surface area contributed by atoms with Crippen molar-refractivity contribution >= 4 is 17.3 Å². The molecule has 0 aliphatic rings. The summed E-state index contributed by atoms with van der Waals surface area (Å²) >= 11 is 0. The highest BCUT2D eigenvalue weighted by molar-refractivity contribution is 6.03. The van der Waals surface area contributed by atoms with Gasteiger partial charge in [0.15, 0.2) is 0 Å². The zero-order valence-electron chi connectivity index (χ0n) is 11.8. The van der Waals surface area contributed by atoms with E-state index in [0.717, 1.165) is 18.7 Å². The van der Waals surface area contributed by atoms with Gasteiger partial charge in [0.1, 0.15) is 5.69 Å². The lowest BCUT2D eigenvalue weighted by Crippen LogP contribution is -2.14. The molecule has 5 heteroatoms. The Morgan fingerprint density at radius 2 is 2.14 bits per heavy atom. The van der Waals surface area contributed by atoms with Crippen LogP contribution in [0, 0.1) is 11.3 Å². The molecule has 106 valence electrons. The summed E-state index contributed by atoms with van der Waals surface area (Å²) in [4.78, 5) is 16.2. The highest BCUT2D eigenvalue weighted by Gasteiger charge is 2.08. The highest BCUT2D eigenvalue weighted by Crippen LogP contribution is 2.13. The molecule has 1 aromatic heterocycles. The quantitative estimate of drug-likeness (QED) is 0.882. The number of pyridine rings is 1. The molecule has 0 fully saturated rings. The third-order valence-corrected chi connectivity index (χ3v) is 2.82. The molecule has 0 atom stereocenters. The Morgan fingerprint density at radius 1 is 1.29 bits per heavy atom. The Balaban J connectivity index is 2.11. The first-order valence-electron chi connectivity index (χ1n) is 6.74. The summed E-state index contributed by atoms with van der Waals surface area (Å²) in [7, 11) is 0. The summed E-state index contributed by atoms with van der Waals surface area (Å²) in [6.07, 6.45) is 2.60. The van der Waals surface area contributed by atoms with E-state index in [1.165, 1.54) is 0 Å². The molecule has 0 bridgehead atoms. The number of rotatable bonds is 5. The Hall–Kier alpha value is -2.87. The van der Waals surface area contributed by atoms with Gasteiger partial charge in [-0.1, -0.05) is 13.0 Å². The molecule has 1 aromatic carbocycles. The molecule has 0 aliphatic heterocycles. The Labute approximate surface area is 123 Å². The summed E-state index contributed by atoms with van der Waals surface area (Å²) in [6, 6.07) is 12.3. The van der Waals surface area contributed by atoms with Gasteiger partial charge in [-0.2, -0.15) is 5.26 Å². The van der Waals surface area contributed by atoms with E-state index in [1.54, 1.807) is 36.5 Å². The average molecular weight is 280 g/mol. The second kappa shape index (κ2) is 7.06. The molecule has 0 spiro atoms. The number of anilines is 2. The lowest BCUT2D eigenvalue weighted by Gasteiger charge is -2.08. The maximum absolute atomic E-state index is 12.2. The maximum atomic E-state index is 12.2. The molecule has 1 heterocycles. The number of nitrogens with one attached hydrogen (secondary N) is 2. The van der Waals surface area contributed by atoms with Crippen molar-refractivity contribution < 1.29 is 4.79 Å². The van der Waals surface area contributed by atoms with Crippen molar-refractivity contribution in [1.82, 2.24) is 4.98 Å². The van der Waals surface area contributed by atoms with Crippen LogP contribution >= 0.6 is 0 Å². The Kier molecular flexibility index (Phi) is 4.89. The van der Waals surface area contributed by atoms with Crippen molar-refractivity contribution in [3.63, 3.8) is 0 Å². The molecule has 0 radical (unpaired) electrons. The van der Waals surface area contributed by atoms with Gasteiger partial charge in [-0.3, -0.25) is 9.78 Å². The van der Waals surface area contributed by atoms with Crippen LogP contribution in [0.15, 0.2) is 42.6 Å². The smallest absolute Gasteiger partial charge is 0.274 e. The standard InChI is InChI=1S/C16H16N4O/c1-2-7-18-13-6-8-19-15(10-13)16(21)20-14-5-3-4-12(9-14)11-17/h3-6,8-10H,2,7H2,1H3,(H,18,19)(H,20,21). The number of hydrogen-bond donors (Lipinski definition) is 2. The fraction of sp³-hybridized carbons (Fsp3) is 0.188. The number of hydrogen-bond acceptors (Lipinski definition) is 4. The van der Waals surface area contributed by atoms with Crippen molar-refractivity contribution in [1.29, 1.82) is 5.26 Å². The largest absolute Gasteiger partial charge is 0.385 e. The number of benzene rings is 1. The minimum atomic E-state index is -0.301. The SMILES string of the molecule is CCCNc1ccnc(C(=O)Nc2cccc(C#N)c2)c1. The Bertz CT molecular complexity index is 676. The molecule has 2 rings (SSSR count). The first-order chi connectivity index (χ1) is 10.2. The third-order valence-electron chi connectivity index (χ3n) is 2.82. The fourth-order valence-electron chi connectivity index (χ4n) is 1.80. The zero-order valence-corrected chi connectivity index (χ0v) is 11.8. The predicted molar refractivity (Wildman–Crippen MR) is 82.1 cm³/mol. The number of nitrogens with zero attached hydrogens (tertiary/aromatic N) is 2. The summed E-state index contributed by atoms with van der Waals surface area (Å²) < 4.78 is 0. The minimum absolute atomic E-state index is 0.301. The van der Waals surface area contributed by atoms with Crippen molar-refractivity contribution in [2.24, 2.45) is 0 Å². The van der Waals surface area contributed by atoms with Crippen LogP contribution in [0.25, 0.3) is 0 Å². The third kappa shape index (κ3) is 4.05. The molecule has 0 unspecified atom stereocenters. The molecule has 0 saturated carbocycles. The lowest BCUT2D eigenvalue weighted by molar-refractivity contribution is 0.102. The van der Waals surface area contributed by atoms with E-state index in [2.05, 4.69) is 22.5 Å². The number of aromatic nitrogens is 1. The number of carbonyl (C=O) groups is 1. The first-order valence-corrected chi connectivity index (χ1v) is 6.74. The summed E-state index contributed by atoms with van der Waals surface area (Å²) in [5.74, 6) is -0.301. The second-order valence-electron chi connectivity index (χ2n) is 4.50. The van der Waals surface area contributed by atoms with Gasteiger partial charge in [-0.25, -0.2) is 0 Å². The summed E-state index contributed by atoms with van der Waals surface area (Å²) in [6.45, 7) is 2.92. The van der Waals surface area contributed by atoms with Crippen molar-refractivity contribution in [3.05, 3.63) is 53.9 Å². The molecule has 2 N–H and O–H groups in total. The van der Waals surface area contributed by atoms with E-state index in [4.69, 9.17) is 5.26 Å². The van der Waals surface area contributed by atoms with E-state index in [-0.39, 0.29) is 5.91 Å². The van der Waals surface area contributed by atoms with Crippen LogP contribution in [-0.4, -0.2) is 17.4 Å². The molecule has 21 heavy (non-hydrogen) atoms. The van der Waals surface area contributed by atoms with Crippen LogP contribution in [0.1, 0.15) is 29.4 Å². The minimum Gasteiger partial charge on any atom is -0.385 e. The van der Waals surface area contributed by atoms with Crippen molar-refractivity contribution in [2.45, 2.75) is 13.3 Å². The van der Waals surface area contributed by atoms with E-state index < -0.39 is 0 Å². The topological polar surface area (TPSA) is 77.8 Å². The van der Waals surface area contributed by atoms with E-state index in [1.807, 2.05) is 12.1 Å². The molecule has 2 aromatic rings. The van der Waals surface area contributed by atoms with Crippen LogP contribution in [0.2, 0.25) is 0 Å². The van der Waals surface area contributed by atoms with Crippen molar-refractivity contribution in [2.75, 3.05) is 17.2 Å².